The largest absolute Gasteiger partial charge is 0.573 e. The minimum absolute atomic E-state index is 0.0235. The lowest BCUT2D eigenvalue weighted by atomic mass is 10.0. The van der Waals surface area contributed by atoms with Gasteiger partial charge >= 0.3 is 6.36 Å². The number of methoxy groups -OCH3 is 1. The van der Waals surface area contributed by atoms with Crippen molar-refractivity contribution in [2.75, 3.05) is 12.4 Å². The van der Waals surface area contributed by atoms with Crippen LogP contribution in [0.2, 0.25) is 0 Å². The molecule has 0 saturated carbocycles. The molecule has 0 bridgehead atoms. The number of pyridine rings is 1. The Bertz CT molecular complexity index is 1440. The number of carbonyl (C=O) groups is 2. The topological polar surface area (TPSA) is 126 Å². The molecule has 12 heteroatoms. The van der Waals surface area contributed by atoms with Crippen LogP contribution in [0.15, 0.2) is 77.7 Å². The van der Waals surface area contributed by atoms with Crippen molar-refractivity contribution < 1.29 is 41.4 Å². The highest BCUT2D eigenvalue weighted by Crippen LogP contribution is 2.39. The molecule has 0 unspecified atom stereocenters. The average Bonchev–Trinajstić information content (AvgIpc) is 3.39. The van der Waals surface area contributed by atoms with Crippen molar-refractivity contribution in [3.63, 3.8) is 0 Å². The van der Waals surface area contributed by atoms with E-state index in [2.05, 4.69) is 15.0 Å². The Hall–Kier alpha value is -5.00. The van der Waals surface area contributed by atoms with Gasteiger partial charge in [0, 0.05) is 23.5 Å². The molecular formula is C25H18F3N3O6. The molecule has 0 spiro atoms. The third-order valence-corrected chi connectivity index (χ3v) is 4.94. The van der Waals surface area contributed by atoms with E-state index >= 15 is 0 Å². The van der Waals surface area contributed by atoms with Gasteiger partial charge in [-0.05, 0) is 48.0 Å². The van der Waals surface area contributed by atoms with Gasteiger partial charge < -0.3 is 29.7 Å². The number of nitrogens with zero attached hydrogens (tertiary/aromatic N) is 1. The number of alkyl halides is 3. The van der Waals surface area contributed by atoms with E-state index < -0.39 is 23.9 Å². The second-order valence-electron chi connectivity index (χ2n) is 7.43. The van der Waals surface area contributed by atoms with Crippen molar-refractivity contribution in [3.05, 3.63) is 84.6 Å². The molecule has 4 aromatic rings. The van der Waals surface area contributed by atoms with Gasteiger partial charge in [0.05, 0.1) is 25.2 Å². The Morgan fingerprint density at radius 2 is 1.78 bits per heavy atom. The average molecular weight is 513 g/mol. The number of primary amides is 1. The first-order valence-electron chi connectivity index (χ1n) is 10.5. The molecule has 2 aromatic carbocycles. The van der Waals surface area contributed by atoms with E-state index in [0.29, 0.717) is 11.1 Å². The fraction of sp³-hybridized carbons (Fsp3) is 0.0800. The van der Waals surface area contributed by atoms with Crippen LogP contribution in [0.5, 0.6) is 23.0 Å². The molecule has 0 aliphatic carbocycles. The van der Waals surface area contributed by atoms with E-state index in [9.17, 15) is 22.8 Å². The molecule has 0 aliphatic rings. The molecule has 2 heterocycles. The number of rotatable bonds is 8. The van der Waals surface area contributed by atoms with Gasteiger partial charge in [-0.1, -0.05) is 6.07 Å². The van der Waals surface area contributed by atoms with Gasteiger partial charge in [0.15, 0.2) is 11.5 Å². The monoisotopic (exact) mass is 513 g/mol. The number of anilines is 1. The van der Waals surface area contributed by atoms with Crippen LogP contribution in [-0.2, 0) is 0 Å². The quantitative estimate of drug-likeness (QED) is 0.323. The first-order valence-corrected chi connectivity index (χ1v) is 10.5. The van der Waals surface area contributed by atoms with Gasteiger partial charge in [0.1, 0.15) is 17.2 Å². The molecule has 0 fully saturated rings. The minimum Gasteiger partial charge on any atom is -0.493 e. The Balaban J connectivity index is 1.70. The Labute approximate surface area is 207 Å². The highest BCUT2D eigenvalue weighted by Gasteiger charge is 2.31. The highest BCUT2D eigenvalue weighted by atomic mass is 19.4. The molecule has 2 amide bonds. The fourth-order valence-electron chi connectivity index (χ4n) is 3.29. The summed E-state index contributed by atoms with van der Waals surface area (Å²) in [5.74, 6) is -1.87. The maximum absolute atomic E-state index is 13.1. The van der Waals surface area contributed by atoms with Crippen LogP contribution in [0.4, 0.5) is 18.9 Å². The number of furan rings is 1. The summed E-state index contributed by atoms with van der Waals surface area (Å²) in [6.07, 6.45) is -0.618. The highest BCUT2D eigenvalue weighted by molar-refractivity contribution is 6.07. The van der Waals surface area contributed by atoms with Crippen molar-refractivity contribution in [1.29, 1.82) is 0 Å². The van der Waals surface area contributed by atoms with Crippen molar-refractivity contribution in [2.45, 2.75) is 6.36 Å². The molecule has 3 N–H and O–H groups in total. The third kappa shape index (κ3) is 6.17. The lowest BCUT2D eigenvalue weighted by Crippen LogP contribution is -2.17. The van der Waals surface area contributed by atoms with Gasteiger partial charge in [-0.3, -0.25) is 14.6 Å². The smallest absolute Gasteiger partial charge is 0.493 e. The van der Waals surface area contributed by atoms with E-state index in [-0.39, 0.29) is 34.2 Å². The normalized spacial score (nSPS) is 11.0. The molecule has 9 nitrogen and oxygen atoms in total. The van der Waals surface area contributed by atoms with Gasteiger partial charge in [-0.15, -0.1) is 13.2 Å². The molecule has 0 aliphatic heterocycles. The van der Waals surface area contributed by atoms with Crippen LogP contribution < -0.4 is 25.3 Å². The van der Waals surface area contributed by atoms with Crippen LogP contribution in [-0.4, -0.2) is 30.3 Å². The maximum atomic E-state index is 13.1. The Morgan fingerprint density at radius 3 is 2.46 bits per heavy atom. The van der Waals surface area contributed by atoms with Gasteiger partial charge in [-0.25, -0.2) is 0 Å². The predicted octanol–water partition coefficient (Wildman–Crippen LogP) is 5.39. The maximum Gasteiger partial charge on any atom is 0.573 e. The number of hydrogen-bond acceptors (Lipinski definition) is 7. The number of hydrogen-bond donors (Lipinski definition) is 2. The predicted molar refractivity (Wildman–Crippen MR) is 125 cm³/mol. The van der Waals surface area contributed by atoms with Crippen LogP contribution in [0.25, 0.3) is 11.1 Å². The molecule has 190 valence electrons. The molecule has 2 aromatic heterocycles. The number of carbonyl (C=O) groups excluding carboxylic acids is 2. The van der Waals surface area contributed by atoms with Crippen LogP contribution >= 0.6 is 0 Å². The zero-order valence-corrected chi connectivity index (χ0v) is 19.0. The van der Waals surface area contributed by atoms with Crippen LogP contribution in [0, 0.1) is 0 Å². The third-order valence-electron chi connectivity index (χ3n) is 4.94. The summed E-state index contributed by atoms with van der Waals surface area (Å²) < 4.78 is 58.0. The van der Waals surface area contributed by atoms with E-state index in [1.54, 1.807) is 18.2 Å². The zero-order valence-electron chi connectivity index (χ0n) is 19.0. The first-order chi connectivity index (χ1) is 17.6. The molecule has 37 heavy (non-hydrogen) atoms. The van der Waals surface area contributed by atoms with Crippen molar-refractivity contribution >= 4 is 17.5 Å². The Kier molecular flexibility index (Phi) is 7.00. The summed E-state index contributed by atoms with van der Waals surface area (Å²) in [7, 11) is 1.24. The SMILES string of the molecule is COc1cc(OC(F)(F)F)ccc1Oc1cc(-c2ccoc2)ccc1C(=O)Nc1ccnc(C(N)=O)c1. The van der Waals surface area contributed by atoms with E-state index in [0.717, 1.165) is 12.1 Å². The van der Waals surface area contributed by atoms with E-state index in [1.807, 2.05) is 0 Å². The fourth-order valence-corrected chi connectivity index (χ4v) is 3.29. The lowest BCUT2D eigenvalue weighted by molar-refractivity contribution is -0.274. The number of benzene rings is 2. The molecular weight excluding hydrogens is 495 g/mol. The van der Waals surface area contributed by atoms with Crippen molar-refractivity contribution in [1.82, 2.24) is 4.98 Å². The van der Waals surface area contributed by atoms with Gasteiger partial charge in [0.2, 0.25) is 0 Å². The Morgan fingerprint density at radius 1 is 0.973 bits per heavy atom. The van der Waals surface area contributed by atoms with E-state index in [1.165, 1.54) is 50.1 Å². The molecule has 4 rings (SSSR count). The second kappa shape index (κ2) is 10.3. The van der Waals surface area contributed by atoms with Gasteiger partial charge in [0.25, 0.3) is 11.8 Å². The molecule has 0 atom stereocenters. The number of nitrogens with two attached hydrogens (primary N) is 1. The van der Waals surface area contributed by atoms with Crippen LogP contribution in [0.1, 0.15) is 20.8 Å². The van der Waals surface area contributed by atoms with Crippen molar-refractivity contribution in [2.24, 2.45) is 5.73 Å². The summed E-state index contributed by atoms with van der Waals surface area (Å²) in [6, 6.07) is 12.5. The number of halogens is 3. The summed E-state index contributed by atoms with van der Waals surface area (Å²) in [5.41, 5.74) is 6.85. The zero-order chi connectivity index (χ0) is 26.6. The minimum atomic E-state index is -4.89. The number of nitrogens with one attached hydrogen (secondary N) is 1. The number of aromatic nitrogens is 1. The molecule has 0 radical (unpaired) electrons. The standard InChI is InChI=1S/C25H18F3N3O6/c1-34-22-12-17(37-25(26,27)28)3-5-20(22)36-21-10-14(15-7-9-35-13-15)2-4-18(21)24(33)31-16-6-8-30-19(11-16)23(29)32/h2-13H,1H3,(H2,29,32)(H,30,31,33). The number of ether oxygens (including phenoxy) is 3. The summed E-state index contributed by atoms with van der Waals surface area (Å²) in [5, 5.41) is 2.64. The lowest BCUT2D eigenvalue weighted by Gasteiger charge is -2.16. The summed E-state index contributed by atoms with van der Waals surface area (Å²) >= 11 is 0. The first kappa shape index (κ1) is 25.1. The second-order valence-corrected chi connectivity index (χ2v) is 7.43. The van der Waals surface area contributed by atoms with Gasteiger partial charge in [-0.2, -0.15) is 0 Å². The van der Waals surface area contributed by atoms with E-state index in [4.69, 9.17) is 19.6 Å². The number of amides is 2. The summed E-state index contributed by atoms with van der Waals surface area (Å²) in [6.45, 7) is 0. The summed E-state index contributed by atoms with van der Waals surface area (Å²) in [4.78, 5) is 28.4. The molecule has 0 saturated heterocycles. The van der Waals surface area contributed by atoms with Crippen LogP contribution in [0.3, 0.4) is 0 Å². The van der Waals surface area contributed by atoms with Crippen molar-refractivity contribution in [3.8, 4) is 34.1 Å².